The number of piperidine rings is 1. The largest absolute Gasteiger partial charge is 0.309 e. The van der Waals surface area contributed by atoms with Crippen LogP contribution in [0.2, 0.25) is 5.02 Å². The molecule has 1 fully saturated rings. The van der Waals surface area contributed by atoms with Crippen molar-refractivity contribution in [3.63, 3.8) is 0 Å². The highest BCUT2D eigenvalue weighted by molar-refractivity contribution is 7.10. The molecule has 2 nitrogen and oxygen atoms in total. The third-order valence-corrected chi connectivity index (χ3v) is 4.73. The van der Waals surface area contributed by atoms with Crippen LogP contribution in [0.3, 0.4) is 0 Å². The first-order valence-corrected chi connectivity index (χ1v) is 7.61. The number of hydrogen-bond donors (Lipinski definition) is 1. The van der Waals surface area contributed by atoms with Crippen LogP contribution in [0.5, 0.6) is 0 Å². The average molecular weight is 273 g/mol. The molecular weight excluding hydrogens is 252 g/mol. The summed E-state index contributed by atoms with van der Waals surface area (Å²) in [5.74, 6) is 0. The lowest BCUT2D eigenvalue weighted by atomic mass is 10.0. The lowest BCUT2D eigenvalue weighted by molar-refractivity contribution is 0.161. The van der Waals surface area contributed by atoms with Crippen molar-refractivity contribution in [3.8, 4) is 0 Å². The van der Waals surface area contributed by atoms with Crippen molar-refractivity contribution in [1.82, 2.24) is 10.2 Å². The van der Waals surface area contributed by atoms with Crippen LogP contribution in [0.15, 0.2) is 11.4 Å². The summed E-state index contributed by atoms with van der Waals surface area (Å²) >= 11 is 7.65. The Balaban J connectivity index is 1.71. The Morgan fingerprint density at radius 2 is 2.18 bits per heavy atom. The van der Waals surface area contributed by atoms with Crippen LogP contribution in [0.1, 0.15) is 31.6 Å². The van der Waals surface area contributed by atoms with Crippen LogP contribution < -0.4 is 5.32 Å². The predicted molar refractivity (Wildman–Crippen MR) is 75.9 cm³/mol. The number of rotatable bonds is 4. The van der Waals surface area contributed by atoms with E-state index in [9.17, 15) is 0 Å². The molecule has 0 radical (unpaired) electrons. The molecular formula is C13H21ClN2S. The van der Waals surface area contributed by atoms with Crippen LogP contribution in [0, 0.1) is 0 Å². The molecule has 2 heterocycles. The van der Waals surface area contributed by atoms with Crippen LogP contribution in [0.4, 0.5) is 0 Å². The standard InChI is InChI=1S/C13H21ClN2S/c1-10(2)16-5-3-12(4-6-16)15-8-13-7-11(14)9-17-13/h7,9-10,12,15H,3-6,8H2,1-2H3. The van der Waals surface area contributed by atoms with Gasteiger partial charge in [0, 0.05) is 28.9 Å². The molecule has 1 N–H and O–H groups in total. The molecule has 0 bridgehead atoms. The van der Waals surface area contributed by atoms with E-state index in [-0.39, 0.29) is 0 Å². The van der Waals surface area contributed by atoms with E-state index in [1.54, 1.807) is 11.3 Å². The first-order valence-electron chi connectivity index (χ1n) is 6.35. The van der Waals surface area contributed by atoms with Gasteiger partial charge in [0.2, 0.25) is 0 Å². The van der Waals surface area contributed by atoms with E-state index in [4.69, 9.17) is 11.6 Å². The summed E-state index contributed by atoms with van der Waals surface area (Å²) in [5.41, 5.74) is 0. The van der Waals surface area contributed by atoms with E-state index in [1.807, 2.05) is 5.38 Å². The van der Waals surface area contributed by atoms with Gasteiger partial charge in [0.15, 0.2) is 0 Å². The number of likely N-dealkylation sites (tertiary alicyclic amines) is 1. The van der Waals surface area contributed by atoms with Gasteiger partial charge in [-0.15, -0.1) is 11.3 Å². The second-order valence-electron chi connectivity index (χ2n) is 5.02. The van der Waals surface area contributed by atoms with Gasteiger partial charge in [0.05, 0.1) is 5.02 Å². The van der Waals surface area contributed by atoms with Crippen molar-refractivity contribution in [1.29, 1.82) is 0 Å². The molecule has 96 valence electrons. The molecule has 2 rings (SSSR count). The van der Waals surface area contributed by atoms with Gasteiger partial charge in [0.1, 0.15) is 0 Å². The third kappa shape index (κ3) is 3.95. The molecule has 0 spiro atoms. The lowest BCUT2D eigenvalue weighted by Crippen LogP contribution is -2.44. The van der Waals surface area contributed by atoms with Gasteiger partial charge < -0.3 is 10.2 Å². The normalized spacial score (nSPS) is 19.1. The maximum atomic E-state index is 5.91. The van der Waals surface area contributed by atoms with Crippen molar-refractivity contribution >= 4 is 22.9 Å². The molecule has 0 amide bonds. The highest BCUT2D eigenvalue weighted by Gasteiger charge is 2.20. The van der Waals surface area contributed by atoms with Crippen LogP contribution in [-0.2, 0) is 6.54 Å². The SMILES string of the molecule is CC(C)N1CCC(NCc2cc(Cl)cs2)CC1. The first kappa shape index (κ1) is 13.3. The second kappa shape index (κ2) is 6.19. The molecule has 0 aromatic carbocycles. The van der Waals surface area contributed by atoms with E-state index in [1.165, 1.54) is 30.8 Å². The Labute approximate surface area is 113 Å². The highest BCUT2D eigenvalue weighted by atomic mass is 35.5. The molecule has 0 unspecified atom stereocenters. The number of thiophene rings is 1. The van der Waals surface area contributed by atoms with Gasteiger partial charge in [-0.25, -0.2) is 0 Å². The smallest absolute Gasteiger partial charge is 0.0516 e. The predicted octanol–water partition coefficient (Wildman–Crippen LogP) is 3.36. The lowest BCUT2D eigenvalue weighted by Gasteiger charge is -2.34. The Morgan fingerprint density at radius 3 is 2.71 bits per heavy atom. The third-order valence-electron chi connectivity index (χ3n) is 3.45. The highest BCUT2D eigenvalue weighted by Crippen LogP contribution is 2.20. The topological polar surface area (TPSA) is 15.3 Å². The molecule has 1 aliphatic rings. The van der Waals surface area contributed by atoms with E-state index in [2.05, 4.69) is 30.1 Å². The van der Waals surface area contributed by atoms with Crippen molar-refractivity contribution in [2.75, 3.05) is 13.1 Å². The Morgan fingerprint density at radius 1 is 1.47 bits per heavy atom. The van der Waals surface area contributed by atoms with E-state index < -0.39 is 0 Å². The van der Waals surface area contributed by atoms with Crippen molar-refractivity contribution in [3.05, 3.63) is 21.3 Å². The number of nitrogens with zero attached hydrogens (tertiary/aromatic N) is 1. The van der Waals surface area contributed by atoms with E-state index in [0.29, 0.717) is 12.1 Å². The van der Waals surface area contributed by atoms with Crippen LogP contribution in [0.25, 0.3) is 0 Å². The quantitative estimate of drug-likeness (QED) is 0.904. The summed E-state index contributed by atoms with van der Waals surface area (Å²) in [7, 11) is 0. The van der Waals surface area contributed by atoms with E-state index in [0.717, 1.165) is 11.6 Å². The Bertz CT molecular complexity index is 343. The monoisotopic (exact) mass is 272 g/mol. The average Bonchev–Trinajstić information content (AvgIpc) is 2.73. The zero-order valence-electron chi connectivity index (χ0n) is 10.6. The fraction of sp³-hybridized carbons (Fsp3) is 0.692. The summed E-state index contributed by atoms with van der Waals surface area (Å²) in [4.78, 5) is 3.89. The summed E-state index contributed by atoms with van der Waals surface area (Å²) in [6, 6.07) is 3.42. The maximum Gasteiger partial charge on any atom is 0.0516 e. The molecule has 17 heavy (non-hydrogen) atoms. The maximum absolute atomic E-state index is 5.91. The second-order valence-corrected chi connectivity index (χ2v) is 6.45. The van der Waals surface area contributed by atoms with Gasteiger partial charge in [-0.1, -0.05) is 11.6 Å². The minimum Gasteiger partial charge on any atom is -0.309 e. The van der Waals surface area contributed by atoms with Crippen LogP contribution in [-0.4, -0.2) is 30.1 Å². The summed E-state index contributed by atoms with van der Waals surface area (Å²) in [6.45, 7) is 7.97. The van der Waals surface area contributed by atoms with Gasteiger partial charge in [-0.2, -0.15) is 0 Å². The minimum atomic E-state index is 0.672. The molecule has 0 aliphatic carbocycles. The van der Waals surface area contributed by atoms with Crippen molar-refractivity contribution in [2.45, 2.75) is 45.3 Å². The fourth-order valence-corrected chi connectivity index (χ4v) is 3.34. The number of nitrogens with one attached hydrogen (secondary N) is 1. The van der Waals surface area contributed by atoms with Gasteiger partial charge >= 0.3 is 0 Å². The number of hydrogen-bond acceptors (Lipinski definition) is 3. The summed E-state index contributed by atoms with van der Waals surface area (Å²) < 4.78 is 0. The van der Waals surface area contributed by atoms with Gasteiger partial charge in [-0.05, 0) is 45.8 Å². The zero-order chi connectivity index (χ0) is 12.3. The minimum absolute atomic E-state index is 0.672. The fourth-order valence-electron chi connectivity index (χ4n) is 2.31. The molecule has 1 saturated heterocycles. The van der Waals surface area contributed by atoms with Gasteiger partial charge in [-0.3, -0.25) is 0 Å². The summed E-state index contributed by atoms with van der Waals surface area (Å²) in [5, 5.41) is 6.50. The van der Waals surface area contributed by atoms with Crippen LogP contribution >= 0.6 is 22.9 Å². The first-order chi connectivity index (χ1) is 8.15. The molecule has 4 heteroatoms. The zero-order valence-corrected chi connectivity index (χ0v) is 12.2. The summed E-state index contributed by atoms with van der Waals surface area (Å²) in [6.07, 6.45) is 2.52. The van der Waals surface area contributed by atoms with Gasteiger partial charge in [0.25, 0.3) is 0 Å². The van der Waals surface area contributed by atoms with Crippen molar-refractivity contribution in [2.24, 2.45) is 0 Å². The van der Waals surface area contributed by atoms with Crippen molar-refractivity contribution < 1.29 is 0 Å². The molecule has 0 saturated carbocycles. The molecule has 1 aromatic heterocycles. The Hall–Kier alpha value is -0.0900. The molecule has 0 atom stereocenters. The molecule has 1 aliphatic heterocycles. The Kier molecular flexibility index (Phi) is 4.86. The number of halogens is 1. The van der Waals surface area contributed by atoms with E-state index >= 15 is 0 Å². The molecule has 1 aromatic rings.